The number of aromatic nitrogens is 2. The van der Waals surface area contributed by atoms with Gasteiger partial charge in [-0.25, -0.2) is 4.79 Å². The van der Waals surface area contributed by atoms with Gasteiger partial charge in [0.15, 0.2) is 5.11 Å². The van der Waals surface area contributed by atoms with Crippen molar-refractivity contribution in [1.82, 2.24) is 14.9 Å². The van der Waals surface area contributed by atoms with Gasteiger partial charge in [0, 0.05) is 49.2 Å². The fourth-order valence-corrected chi connectivity index (χ4v) is 4.96. The molecule has 3 heterocycles. The first kappa shape index (κ1) is 23.6. The molecule has 182 valence electrons. The van der Waals surface area contributed by atoms with Crippen molar-refractivity contribution in [2.75, 3.05) is 31.0 Å². The van der Waals surface area contributed by atoms with Crippen LogP contribution in [0.5, 0.6) is 0 Å². The summed E-state index contributed by atoms with van der Waals surface area (Å²) in [5.74, 6) is -0.372. The average molecular weight is 498 g/mol. The van der Waals surface area contributed by atoms with Gasteiger partial charge in [-0.05, 0) is 78.9 Å². The molecule has 4 aromatic rings. The molecule has 0 aliphatic carbocycles. The van der Waals surface area contributed by atoms with E-state index in [4.69, 9.17) is 17.0 Å². The summed E-state index contributed by atoms with van der Waals surface area (Å²) in [4.78, 5) is 21.0. The zero-order valence-corrected chi connectivity index (χ0v) is 21.1. The number of thiocarbonyl (C=S) groups is 1. The largest absolute Gasteiger partial charge is 0.465 e. The number of hydrogen-bond donors (Lipinski definition) is 1. The minimum Gasteiger partial charge on any atom is -0.465 e. The third kappa shape index (κ3) is 4.31. The molecule has 36 heavy (non-hydrogen) atoms. The standard InChI is InChI=1S/C28H27N5O2S/c1-31(2)20-12-14-21(15-13-20)33-26(25(30-28(33)36)23-10-4-5-16-29-23)24-11-7-17-32(24)22-9-6-8-19(18-22)27(34)35-3/h4-18,25-26H,1-3H3,(H,30,36)/t25-,26-/m1/s1. The SMILES string of the molecule is COC(=O)c1cccc(-n2cccc2[C@@H]2[C@@H](c3ccccn3)NC(=S)N2c2ccc(N(C)C)cc2)c1. The smallest absolute Gasteiger partial charge is 0.337 e. The molecule has 2 atom stereocenters. The molecule has 0 bridgehead atoms. The van der Waals surface area contributed by atoms with E-state index in [0.29, 0.717) is 10.7 Å². The van der Waals surface area contributed by atoms with Crippen molar-refractivity contribution in [2.24, 2.45) is 0 Å². The van der Waals surface area contributed by atoms with Gasteiger partial charge in [-0.3, -0.25) is 4.98 Å². The van der Waals surface area contributed by atoms with Crippen LogP contribution in [0.15, 0.2) is 91.3 Å². The average Bonchev–Trinajstić information content (AvgIpc) is 3.53. The number of pyridine rings is 1. The zero-order chi connectivity index (χ0) is 25.2. The van der Waals surface area contributed by atoms with Crippen molar-refractivity contribution >= 4 is 34.7 Å². The van der Waals surface area contributed by atoms with Gasteiger partial charge in [0.25, 0.3) is 0 Å². The second kappa shape index (κ2) is 9.83. The Morgan fingerprint density at radius 3 is 2.50 bits per heavy atom. The molecule has 2 aromatic carbocycles. The first-order chi connectivity index (χ1) is 17.5. The number of carbonyl (C=O) groups is 1. The normalized spacial score (nSPS) is 17.1. The summed E-state index contributed by atoms with van der Waals surface area (Å²) in [5, 5.41) is 4.14. The van der Waals surface area contributed by atoms with E-state index in [9.17, 15) is 4.79 Å². The van der Waals surface area contributed by atoms with Crippen LogP contribution in [0.1, 0.15) is 33.8 Å². The van der Waals surface area contributed by atoms with Crippen LogP contribution >= 0.6 is 12.2 Å². The van der Waals surface area contributed by atoms with Gasteiger partial charge in [-0.1, -0.05) is 12.1 Å². The van der Waals surface area contributed by atoms with Gasteiger partial charge in [0.1, 0.15) is 6.04 Å². The number of nitrogens with zero attached hydrogens (tertiary/aromatic N) is 4. The number of ether oxygens (including phenoxy) is 1. The van der Waals surface area contributed by atoms with Gasteiger partial charge >= 0.3 is 5.97 Å². The number of hydrogen-bond acceptors (Lipinski definition) is 5. The quantitative estimate of drug-likeness (QED) is 0.300. The number of anilines is 2. The minimum absolute atomic E-state index is 0.176. The lowest BCUT2D eigenvalue weighted by molar-refractivity contribution is 0.0600. The minimum atomic E-state index is -0.372. The first-order valence-electron chi connectivity index (χ1n) is 11.6. The van der Waals surface area contributed by atoms with Crippen LogP contribution in [0.25, 0.3) is 5.69 Å². The molecule has 0 saturated carbocycles. The number of rotatable bonds is 6. The fourth-order valence-electron chi connectivity index (χ4n) is 4.62. The molecule has 8 heteroatoms. The Balaban J connectivity index is 1.63. The van der Waals surface area contributed by atoms with E-state index in [1.54, 1.807) is 12.3 Å². The summed E-state index contributed by atoms with van der Waals surface area (Å²) >= 11 is 5.87. The van der Waals surface area contributed by atoms with Crippen molar-refractivity contribution < 1.29 is 9.53 Å². The zero-order valence-electron chi connectivity index (χ0n) is 20.3. The molecule has 1 N–H and O–H groups in total. The first-order valence-corrected chi connectivity index (χ1v) is 12.0. The Bertz CT molecular complexity index is 1380. The van der Waals surface area contributed by atoms with E-state index >= 15 is 0 Å². The number of benzene rings is 2. The predicted octanol–water partition coefficient (Wildman–Crippen LogP) is 4.90. The van der Waals surface area contributed by atoms with E-state index in [1.807, 2.05) is 62.8 Å². The third-order valence-corrected chi connectivity index (χ3v) is 6.69. The molecule has 0 amide bonds. The lowest BCUT2D eigenvalue weighted by Crippen LogP contribution is -2.30. The lowest BCUT2D eigenvalue weighted by Gasteiger charge is -2.29. The van der Waals surface area contributed by atoms with Gasteiger partial charge in [-0.2, -0.15) is 0 Å². The topological polar surface area (TPSA) is 62.6 Å². The van der Waals surface area contributed by atoms with Crippen LogP contribution in [0.2, 0.25) is 0 Å². The van der Waals surface area contributed by atoms with Crippen molar-refractivity contribution in [2.45, 2.75) is 12.1 Å². The van der Waals surface area contributed by atoms with Gasteiger partial charge < -0.3 is 24.4 Å². The summed E-state index contributed by atoms with van der Waals surface area (Å²) in [6.07, 6.45) is 3.79. The molecular formula is C28H27N5O2S. The second-order valence-electron chi connectivity index (χ2n) is 8.75. The van der Waals surface area contributed by atoms with E-state index < -0.39 is 0 Å². The van der Waals surface area contributed by atoms with Crippen molar-refractivity contribution in [1.29, 1.82) is 0 Å². The van der Waals surface area contributed by atoms with E-state index in [-0.39, 0.29) is 18.1 Å². The maximum atomic E-state index is 12.2. The molecule has 0 spiro atoms. The van der Waals surface area contributed by atoms with Gasteiger partial charge in [-0.15, -0.1) is 0 Å². The highest BCUT2D eigenvalue weighted by Gasteiger charge is 2.42. The van der Waals surface area contributed by atoms with Crippen LogP contribution in [-0.4, -0.2) is 41.8 Å². The van der Waals surface area contributed by atoms with Crippen LogP contribution < -0.4 is 15.1 Å². The van der Waals surface area contributed by atoms with E-state index in [2.05, 4.69) is 55.0 Å². The summed E-state index contributed by atoms with van der Waals surface area (Å²) < 4.78 is 7.02. The van der Waals surface area contributed by atoms with E-state index in [0.717, 1.165) is 28.5 Å². The van der Waals surface area contributed by atoms with Crippen LogP contribution in [0.4, 0.5) is 11.4 Å². The lowest BCUT2D eigenvalue weighted by atomic mass is 10.0. The summed E-state index contributed by atoms with van der Waals surface area (Å²) in [7, 11) is 5.43. The second-order valence-corrected chi connectivity index (χ2v) is 9.14. The molecule has 1 saturated heterocycles. The van der Waals surface area contributed by atoms with Crippen molar-refractivity contribution in [3.05, 3.63) is 108 Å². The fraction of sp³-hybridized carbons (Fsp3) is 0.179. The van der Waals surface area contributed by atoms with Crippen molar-refractivity contribution in [3.63, 3.8) is 0 Å². The van der Waals surface area contributed by atoms with Crippen LogP contribution in [-0.2, 0) is 4.74 Å². The molecule has 1 aliphatic heterocycles. The Hall–Kier alpha value is -4.17. The summed E-state index contributed by atoms with van der Waals surface area (Å²) in [5.41, 5.74) is 5.35. The number of methoxy groups -OCH3 is 1. The van der Waals surface area contributed by atoms with Gasteiger partial charge in [0.2, 0.25) is 0 Å². The Labute approximate surface area is 215 Å². The Morgan fingerprint density at radius 2 is 1.81 bits per heavy atom. The maximum Gasteiger partial charge on any atom is 0.337 e. The van der Waals surface area contributed by atoms with Crippen LogP contribution in [0, 0.1) is 0 Å². The number of carbonyl (C=O) groups excluding carboxylic acids is 1. The Kier molecular flexibility index (Phi) is 6.43. The summed E-state index contributed by atoms with van der Waals surface area (Å²) in [6, 6.07) is 25.4. The number of esters is 1. The van der Waals surface area contributed by atoms with Crippen molar-refractivity contribution in [3.8, 4) is 5.69 Å². The Morgan fingerprint density at radius 1 is 1.00 bits per heavy atom. The summed E-state index contributed by atoms with van der Waals surface area (Å²) in [6.45, 7) is 0. The van der Waals surface area contributed by atoms with Crippen LogP contribution in [0.3, 0.4) is 0 Å². The highest BCUT2D eigenvalue weighted by atomic mass is 32.1. The third-order valence-electron chi connectivity index (χ3n) is 6.37. The van der Waals surface area contributed by atoms with E-state index in [1.165, 1.54) is 7.11 Å². The molecule has 5 rings (SSSR count). The highest BCUT2D eigenvalue weighted by molar-refractivity contribution is 7.80. The molecule has 0 unspecified atom stereocenters. The molecule has 7 nitrogen and oxygen atoms in total. The molecule has 0 radical (unpaired) electrons. The highest BCUT2D eigenvalue weighted by Crippen LogP contribution is 2.42. The van der Waals surface area contributed by atoms with Gasteiger partial charge in [0.05, 0.1) is 24.4 Å². The monoisotopic (exact) mass is 497 g/mol. The maximum absolute atomic E-state index is 12.2. The molecular weight excluding hydrogens is 470 g/mol. The molecule has 1 fully saturated rings. The predicted molar refractivity (Wildman–Crippen MR) is 146 cm³/mol. The number of nitrogens with one attached hydrogen (secondary N) is 1. The molecule has 1 aliphatic rings. The molecule has 2 aromatic heterocycles.